The predicted molar refractivity (Wildman–Crippen MR) is 42.8 cm³/mol. The largest absolute Gasteiger partial charge is 0.330 e. The summed E-state index contributed by atoms with van der Waals surface area (Å²) in [5.74, 6) is -1.000. The van der Waals surface area contributed by atoms with Gasteiger partial charge in [0.15, 0.2) is 0 Å². The van der Waals surface area contributed by atoms with Crippen molar-refractivity contribution in [3.05, 3.63) is 12.3 Å². The topological polar surface area (TPSA) is 46.2 Å². The van der Waals surface area contributed by atoms with Crippen molar-refractivity contribution in [2.75, 3.05) is 0 Å². The summed E-state index contributed by atoms with van der Waals surface area (Å²) in [4.78, 5) is 21.7. The van der Waals surface area contributed by atoms with Gasteiger partial charge in [-0.3, -0.25) is 9.59 Å². The van der Waals surface area contributed by atoms with Crippen LogP contribution < -0.4 is 5.32 Å². The van der Waals surface area contributed by atoms with Crippen molar-refractivity contribution in [1.29, 1.82) is 0 Å². The van der Waals surface area contributed by atoms with Crippen molar-refractivity contribution in [3.63, 3.8) is 0 Å². The summed E-state index contributed by atoms with van der Waals surface area (Å²) in [6.45, 7) is 8.13. The lowest BCUT2D eigenvalue weighted by Gasteiger charge is -2.07. The normalized spacial score (nSPS) is 11.9. The second kappa shape index (κ2) is 3.91. The Bertz CT molecular complexity index is 196. The average molecular weight is 155 g/mol. The van der Waals surface area contributed by atoms with Gasteiger partial charge in [0.1, 0.15) is 5.78 Å². The Hall–Kier alpha value is -1.12. The average Bonchev–Trinajstić information content (AvgIpc) is 1.84. The first-order chi connectivity index (χ1) is 4.95. The first kappa shape index (κ1) is 9.88. The van der Waals surface area contributed by atoms with E-state index in [2.05, 4.69) is 11.9 Å². The first-order valence-corrected chi connectivity index (χ1v) is 3.42. The minimum Gasteiger partial charge on any atom is -0.330 e. The summed E-state index contributed by atoms with van der Waals surface area (Å²) in [5.41, 5.74) is 0.558. The molecule has 0 saturated carbocycles. The van der Waals surface area contributed by atoms with E-state index in [1.807, 2.05) is 0 Å². The fraction of sp³-hybridized carbons (Fsp3) is 0.500. The van der Waals surface area contributed by atoms with Crippen LogP contribution in [-0.2, 0) is 9.59 Å². The van der Waals surface area contributed by atoms with Crippen LogP contribution in [0.15, 0.2) is 12.3 Å². The highest BCUT2D eigenvalue weighted by atomic mass is 16.2. The molecule has 1 atom stereocenters. The van der Waals surface area contributed by atoms with Crippen LogP contribution in [0.3, 0.4) is 0 Å². The Morgan fingerprint density at radius 2 is 1.82 bits per heavy atom. The monoisotopic (exact) mass is 155 g/mol. The molecule has 0 aromatic carbocycles. The summed E-state index contributed by atoms with van der Waals surface area (Å²) >= 11 is 0. The number of nitrogens with one attached hydrogen (secondary N) is 1. The summed E-state index contributed by atoms with van der Waals surface area (Å²) in [5, 5.41) is 2.47. The minimum absolute atomic E-state index is 0.135. The molecule has 3 nitrogen and oxygen atoms in total. The van der Waals surface area contributed by atoms with Gasteiger partial charge >= 0.3 is 0 Å². The quantitative estimate of drug-likeness (QED) is 0.614. The maximum atomic E-state index is 11.0. The zero-order chi connectivity index (χ0) is 9.02. The van der Waals surface area contributed by atoms with Crippen LogP contribution in [0.2, 0.25) is 0 Å². The van der Waals surface area contributed by atoms with Crippen LogP contribution >= 0.6 is 0 Å². The highest BCUT2D eigenvalue weighted by Gasteiger charge is 2.16. The van der Waals surface area contributed by atoms with Crippen LogP contribution in [0.5, 0.6) is 0 Å². The zero-order valence-electron chi connectivity index (χ0n) is 7.10. The molecule has 62 valence electrons. The Labute approximate surface area is 66.5 Å². The predicted octanol–water partition coefficient (Wildman–Crippen LogP) is 0.861. The molecular weight excluding hydrogens is 142 g/mol. The number of amides is 1. The molecule has 0 bridgehead atoms. The van der Waals surface area contributed by atoms with Crippen molar-refractivity contribution < 1.29 is 9.59 Å². The molecule has 0 spiro atoms. The van der Waals surface area contributed by atoms with Gasteiger partial charge in [0.2, 0.25) is 5.91 Å². The fourth-order valence-corrected chi connectivity index (χ4v) is 0.503. The van der Waals surface area contributed by atoms with Gasteiger partial charge in [-0.1, -0.05) is 6.58 Å². The third-order valence-corrected chi connectivity index (χ3v) is 1.34. The van der Waals surface area contributed by atoms with E-state index in [1.54, 1.807) is 13.8 Å². The molecule has 1 N–H and O–H groups in total. The number of Topliss-reactive ketones (excluding diaryl/α,β-unsaturated/α-hetero) is 1. The maximum Gasteiger partial charge on any atom is 0.234 e. The van der Waals surface area contributed by atoms with E-state index in [0.29, 0.717) is 5.70 Å². The lowest BCUT2D eigenvalue weighted by Crippen LogP contribution is -2.31. The molecule has 0 radical (unpaired) electrons. The molecule has 0 fully saturated rings. The molecule has 0 aliphatic rings. The fourth-order valence-electron chi connectivity index (χ4n) is 0.503. The summed E-state index contributed by atoms with van der Waals surface area (Å²) in [6, 6.07) is 0. The number of carbonyl (C=O) groups excluding carboxylic acids is 2. The van der Waals surface area contributed by atoms with Gasteiger partial charge in [-0.15, -0.1) is 0 Å². The molecule has 1 amide bonds. The van der Waals surface area contributed by atoms with Gasteiger partial charge in [-0.2, -0.15) is 0 Å². The number of rotatable bonds is 3. The van der Waals surface area contributed by atoms with Crippen molar-refractivity contribution in [3.8, 4) is 0 Å². The number of hydrogen-bond donors (Lipinski definition) is 1. The highest BCUT2D eigenvalue weighted by Crippen LogP contribution is 1.96. The lowest BCUT2D eigenvalue weighted by molar-refractivity contribution is -0.131. The number of allylic oxidation sites excluding steroid dienone is 1. The van der Waals surface area contributed by atoms with Crippen molar-refractivity contribution in [1.82, 2.24) is 5.32 Å². The van der Waals surface area contributed by atoms with Gasteiger partial charge in [-0.25, -0.2) is 0 Å². The summed E-state index contributed by atoms with van der Waals surface area (Å²) in [6.07, 6.45) is 0. The Kier molecular flexibility index (Phi) is 3.51. The molecule has 0 aromatic heterocycles. The summed E-state index contributed by atoms with van der Waals surface area (Å²) < 4.78 is 0. The molecule has 11 heavy (non-hydrogen) atoms. The smallest absolute Gasteiger partial charge is 0.234 e. The third kappa shape index (κ3) is 3.55. The van der Waals surface area contributed by atoms with Gasteiger partial charge in [0.05, 0.1) is 5.92 Å². The zero-order valence-corrected chi connectivity index (χ0v) is 7.10. The van der Waals surface area contributed by atoms with E-state index in [-0.39, 0.29) is 11.7 Å². The summed E-state index contributed by atoms with van der Waals surface area (Å²) in [7, 11) is 0. The van der Waals surface area contributed by atoms with Crippen LogP contribution in [0, 0.1) is 5.92 Å². The Balaban J connectivity index is 4.04. The van der Waals surface area contributed by atoms with Gasteiger partial charge in [0.25, 0.3) is 0 Å². The van der Waals surface area contributed by atoms with Crippen molar-refractivity contribution >= 4 is 11.7 Å². The molecule has 1 unspecified atom stereocenters. The first-order valence-electron chi connectivity index (χ1n) is 3.42. The Morgan fingerprint density at radius 1 is 1.36 bits per heavy atom. The van der Waals surface area contributed by atoms with Crippen LogP contribution in [-0.4, -0.2) is 11.7 Å². The molecule has 0 aliphatic carbocycles. The van der Waals surface area contributed by atoms with E-state index in [9.17, 15) is 9.59 Å². The molecule has 0 rings (SSSR count). The standard InChI is InChI=1S/C8H13NO2/c1-5(2)9-8(11)6(3)7(4)10/h6H,1H2,2-4H3,(H,9,11). The number of hydrogen-bond acceptors (Lipinski definition) is 2. The number of carbonyl (C=O) groups is 2. The lowest BCUT2D eigenvalue weighted by atomic mass is 10.1. The van der Waals surface area contributed by atoms with E-state index in [1.165, 1.54) is 6.92 Å². The molecule has 0 saturated heterocycles. The third-order valence-electron chi connectivity index (χ3n) is 1.34. The van der Waals surface area contributed by atoms with Crippen LogP contribution in [0.4, 0.5) is 0 Å². The van der Waals surface area contributed by atoms with Crippen LogP contribution in [0.1, 0.15) is 20.8 Å². The molecule has 0 heterocycles. The van der Waals surface area contributed by atoms with E-state index in [0.717, 1.165) is 0 Å². The number of ketones is 1. The molecule has 3 heteroatoms. The second-order valence-electron chi connectivity index (χ2n) is 2.60. The van der Waals surface area contributed by atoms with E-state index in [4.69, 9.17) is 0 Å². The SMILES string of the molecule is C=C(C)NC(=O)C(C)C(C)=O. The highest BCUT2D eigenvalue weighted by molar-refractivity contribution is 6.00. The molecular formula is C8H13NO2. The van der Waals surface area contributed by atoms with Gasteiger partial charge in [0, 0.05) is 5.70 Å². The Morgan fingerprint density at radius 3 is 2.09 bits per heavy atom. The van der Waals surface area contributed by atoms with Gasteiger partial charge < -0.3 is 5.32 Å². The van der Waals surface area contributed by atoms with E-state index < -0.39 is 5.92 Å². The van der Waals surface area contributed by atoms with Gasteiger partial charge in [-0.05, 0) is 20.8 Å². The molecule has 0 aliphatic heterocycles. The molecule has 0 aromatic rings. The van der Waals surface area contributed by atoms with E-state index >= 15 is 0 Å². The maximum absolute atomic E-state index is 11.0. The second-order valence-corrected chi connectivity index (χ2v) is 2.60. The van der Waals surface area contributed by atoms with Crippen LogP contribution in [0.25, 0.3) is 0 Å². The van der Waals surface area contributed by atoms with Crippen molar-refractivity contribution in [2.24, 2.45) is 5.92 Å². The van der Waals surface area contributed by atoms with Crippen molar-refractivity contribution in [2.45, 2.75) is 20.8 Å². The minimum atomic E-state index is -0.577.